The number of hydrogen-bond acceptors (Lipinski definition) is 5. The molecule has 1 aliphatic heterocycles. The number of aromatic carboxylic acids is 1. The summed E-state index contributed by atoms with van der Waals surface area (Å²) in [5.74, 6) is -0.621. The normalized spacial score (nSPS) is 15.6. The van der Waals surface area contributed by atoms with Crippen molar-refractivity contribution in [2.75, 3.05) is 14.2 Å². The van der Waals surface area contributed by atoms with Gasteiger partial charge in [0.05, 0.1) is 32.4 Å². The smallest absolute Gasteiger partial charge is 0.335 e. The summed E-state index contributed by atoms with van der Waals surface area (Å²) in [4.78, 5) is 26.1. The third kappa shape index (κ3) is 4.13. The van der Waals surface area contributed by atoms with E-state index >= 15 is 0 Å². The van der Waals surface area contributed by atoms with E-state index in [9.17, 15) is 19.8 Å². The standard InChI is InChI=1S/C26H23NO6/c1-32-20-13-11-16(12-14-20)22-23(17-7-9-18(10-8-17)26(30)31)27(25(29)24(22)28)15-19-5-3-4-6-21(19)33-2/h3-14,23,28H,15H2,1-2H3,(H,30,31)/t23-/m1/s1. The van der Waals surface area contributed by atoms with Crippen LogP contribution in [0.4, 0.5) is 0 Å². The van der Waals surface area contributed by atoms with Crippen molar-refractivity contribution in [3.63, 3.8) is 0 Å². The van der Waals surface area contributed by atoms with Gasteiger partial charge in [-0.1, -0.05) is 42.5 Å². The molecule has 0 unspecified atom stereocenters. The first-order valence-corrected chi connectivity index (χ1v) is 10.3. The highest BCUT2D eigenvalue weighted by molar-refractivity contribution is 6.05. The number of carbonyl (C=O) groups excluding carboxylic acids is 1. The molecule has 7 heteroatoms. The van der Waals surface area contributed by atoms with Crippen molar-refractivity contribution in [2.24, 2.45) is 0 Å². The molecule has 168 valence electrons. The fourth-order valence-corrected chi connectivity index (χ4v) is 4.05. The van der Waals surface area contributed by atoms with Crippen LogP contribution in [0.15, 0.2) is 78.6 Å². The lowest BCUT2D eigenvalue weighted by Gasteiger charge is -2.28. The number of hydrogen-bond donors (Lipinski definition) is 2. The summed E-state index contributed by atoms with van der Waals surface area (Å²) in [6.45, 7) is 0.192. The molecular formula is C26H23NO6. The Bertz CT molecular complexity index is 1210. The van der Waals surface area contributed by atoms with Gasteiger partial charge < -0.3 is 24.6 Å². The van der Waals surface area contributed by atoms with Crippen LogP contribution in [0.2, 0.25) is 0 Å². The number of carboxylic acids is 1. The maximum atomic E-state index is 13.2. The molecule has 0 spiro atoms. The fourth-order valence-electron chi connectivity index (χ4n) is 4.05. The second kappa shape index (κ2) is 9.08. The van der Waals surface area contributed by atoms with E-state index in [4.69, 9.17) is 9.47 Å². The number of methoxy groups -OCH3 is 2. The van der Waals surface area contributed by atoms with E-state index in [0.717, 1.165) is 5.56 Å². The number of carboxylic acid groups (broad SMARTS) is 1. The van der Waals surface area contributed by atoms with Gasteiger partial charge in [-0.3, -0.25) is 4.79 Å². The summed E-state index contributed by atoms with van der Waals surface area (Å²) in [6.07, 6.45) is 0. The molecule has 0 fully saturated rings. The molecule has 2 N–H and O–H groups in total. The largest absolute Gasteiger partial charge is 0.503 e. The maximum absolute atomic E-state index is 13.2. The first kappa shape index (κ1) is 22.0. The number of aliphatic hydroxyl groups excluding tert-OH is 1. The van der Waals surface area contributed by atoms with Crippen LogP contribution in [0.5, 0.6) is 11.5 Å². The Morgan fingerprint density at radius 1 is 0.939 bits per heavy atom. The summed E-state index contributed by atoms with van der Waals surface area (Å²) in [7, 11) is 3.12. The number of carbonyl (C=O) groups is 2. The van der Waals surface area contributed by atoms with Crippen molar-refractivity contribution in [1.82, 2.24) is 4.90 Å². The Morgan fingerprint density at radius 3 is 2.21 bits per heavy atom. The minimum atomic E-state index is -1.04. The van der Waals surface area contributed by atoms with Gasteiger partial charge in [-0.2, -0.15) is 0 Å². The lowest BCUT2D eigenvalue weighted by atomic mass is 9.92. The Labute approximate surface area is 191 Å². The molecule has 1 aliphatic rings. The number of nitrogens with zero attached hydrogens (tertiary/aromatic N) is 1. The van der Waals surface area contributed by atoms with Crippen molar-refractivity contribution < 1.29 is 29.3 Å². The second-order valence-corrected chi connectivity index (χ2v) is 7.57. The lowest BCUT2D eigenvalue weighted by molar-refractivity contribution is -0.130. The summed E-state index contributed by atoms with van der Waals surface area (Å²) in [6, 6.07) is 20.1. The third-order valence-electron chi connectivity index (χ3n) is 5.71. The Morgan fingerprint density at radius 2 is 1.61 bits per heavy atom. The van der Waals surface area contributed by atoms with Gasteiger partial charge in [0.25, 0.3) is 5.91 Å². The molecule has 0 bridgehead atoms. The second-order valence-electron chi connectivity index (χ2n) is 7.57. The predicted molar refractivity (Wildman–Crippen MR) is 122 cm³/mol. The fraction of sp³-hybridized carbons (Fsp3) is 0.154. The van der Waals surface area contributed by atoms with Gasteiger partial charge >= 0.3 is 5.97 Å². The van der Waals surface area contributed by atoms with E-state index in [-0.39, 0.29) is 17.9 Å². The van der Waals surface area contributed by atoms with Gasteiger partial charge in [0.2, 0.25) is 0 Å². The van der Waals surface area contributed by atoms with Crippen molar-refractivity contribution in [3.05, 3.63) is 101 Å². The zero-order valence-corrected chi connectivity index (χ0v) is 18.2. The Kier molecular flexibility index (Phi) is 6.04. The summed E-state index contributed by atoms with van der Waals surface area (Å²) in [5.41, 5.74) is 2.71. The number of rotatable bonds is 7. The molecule has 3 aromatic rings. The average molecular weight is 445 g/mol. The number of amides is 1. The van der Waals surface area contributed by atoms with Gasteiger partial charge in [0.1, 0.15) is 11.5 Å². The minimum absolute atomic E-state index is 0.138. The molecule has 7 nitrogen and oxygen atoms in total. The SMILES string of the molecule is COc1ccc(C2=C(O)C(=O)N(Cc3ccccc3OC)[C@@H]2c2ccc(C(=O)O)cc2)cc1. The Hall–Kier alpha value is -4.26. The van der Waals surface area contributed by atoms with Crippen LogP contribution in [0.3, 0.4) is 0 Å². The maximum Gasteiger partial charge on any atom is 0.335 e. The van der Waals surface area contributed by atoms with E-state index in [1.54, 1.807) is 55.5 Å². The highest BCUT2D eigenvalue weighted by Gasteiger charge is 2.41. The number of benzene rings is 3. The summed E-state index contributed by atoms with van der Waals surface area (Å²) < 4.78 is 10.7. The third-order valence-corrected chi connectivity index (χ3v) is 5.71. The molecule has 0 saturated carbocycles. The van der Waals surface area contributed by atoms with Gasteiger partial charge in [-0.05, 0) is 41.5 Å². The zero-order chi connectivity index (χ0) is 23.5. The van der Waals surface area contributed by atoms with Gasteiger partial charge in [-0.15, -0.1) is 0 Å². The minimum Gasteiger partial charge on any atom is -0.503 e. The molecule has 0 aliphatic carbocycles. The lowest BCUT2D eigenvalue weighted by Crippen LogP contribution is -2.30. The topological polar surface area (TPSA) is 96.3 Å². The highest BCUT2D eigenvalue weighted by atomic mass is 16.5. The van der Waals surface area contributed by atoms with Crippen LogP contribution in [-0.4, -0.2) is 41.2 Å². The molecule has 0 aromatic heterocycles. The van der Waals surface area contributed by atoms with Crippen LogP contribution in [0.1, 0.15) is 33.1 Å². The van der Waals surface area contributed by atoms with Crippen LogP contribution in [0, 0.1) is 0 Å². The molecule has 1 atom stereocenters. The van der Waals surface area contributed by atoms with E-state index in [1.165, 1.54) is 12.1 Å². The number of ether oxygens (including phenoxy) is 2. The highest BCUT2D eigenvalue weighted by Crippen LogP contribution is 2.44. The zero-order valence-electron chi connectivity index (χ0n) is 18.2. The van der Waals surface area contributed by atoms with Crippen LogP contribution in [-0.2, 0) is 11.3 Å². The van der Waals surface area contributed by atoms with Gasteiger partial charge in [0, 0.05) is 11.1 Å². The van der Waals surface area contributed by atoms with E-state index in [1.807, 2.05) is 24.3 Å². The first-order valence-electron chi connectivity index (χ1n) is 10.3. The van der Waals surface area contributed by atoms with E-state index < -0.39 is 17.9 Å². The van der Waals surface area contributed by atoms with E-state index in [0.29, 0.717) is 28.2 Å². The molecule has 0 radical (unpaired) electrons. The molecule has 33 heavy (non-hydrogen) atoms. The van der Waals surface area contributed by atoms with Gasteiger partial charge in [-0.25, -0.2) is 4.79 Å². The summed E-state index contributed by atoms with van der Waals surface area (Å²) in [5, 5.41) is 20.2. The number of aliphatic hydroxyl groups is 1. The monoisotopic (exact) mass is 445 g/mol. The van der Waals surface area contributed by atoms with Crippen molar-refractivity contribution in [2.45, 2.75) is 12.6 Å². The van der Waals surface area contributed by atoms with Crippen LogP contribution < -0.4 is 9.47 Å². The molecule has 1 amide bonds. The Balaban J connectivity index is 1.81. The van der Waals surface area contributed by atoms with Crippen molar-refractivity contribution in [3.8, 4) is 11.5 Å². The average Bonchev–Trinajstić information content (AvgIpc) is 3.09. The molecule has 0 saturated heterocycles. The predicted octanol–water partition coefficient (Wildman–Crippen LogP) is 4.45. The van der Waals surface area contributed by atoms with Crippen molar-refractivity contribution >= 4 is 17.4 Å². The van der Waals surface area contributed by atoms with Gasteiger partial charge in [0.15, 0.2) is 5.76 Å². The quantitative estimate of drug-likeness (QED) is 0.558. The first-order chi connectivity index (χ1) is 15.9. The molecule has 3 aromatic carbocycles. The molecule has 1 heterocycles. The van der Waals surface area contributed by atoms with Crippen LogP contribution in [0.25, 0.3) is 5.57 Å². The van der Waals surface area contributed by atoms with Crippen LogP contribution >= 0.6 is 0 Å². The number of para-hydroxylation sites is 1. The van der Waals surface area contributed by atoms with Crippen molar-refractivity contribution in [1.29, 1.82) is 0 Å². The molecule has 4 rings (SSSR count). The van der Waals surface area contributed by atoms with E-state index in [2.05, 4.69) is 0 Å². The summed E-state index contributed by atoms with van der Waals surface area (Å²) >= 11 is 0. The molecular weight excluding hydrogens is 422 g/mol.